The average Bonchev–Trinajstić information content (AvgIpc) is 3.19. The number of halogens is 1. The zero-order valence-electron chi connectivity index (χ0n) is 15.4. The Morgan fingerprint density at radius 3 is 2.46 bits per heavy atom. The van der Waals surface area contributed by atoms with E-state index in [-0.39, 0.29) is 24.0 Å². The number of rotatable bonds is 5. The predicted octanol–water partition coefficient (Wildman–Crippen LogP) is 3.19. The topological polar surface area (TPSA) is 53.2 Å². The van der Waals surface area contributed by atoms with Gasteiger partial charge >= 0.3 is 0 Å². The van der Waals surface area contributed by atoms with Crippen LogP contribution in [-0.2, 0) is 6.54 Å². The first-order valence-electron chi connectivity index (χ1n) is 8.75. The Morgan fingerprint density at radius 1 is 1.15 bits per heavy atom. The summed E-state index contributed by atoms with van der Waals surface area (Å²) in [6.45, 7) is 7.33. The van der Waals surface area contributed by atoms with E-state index >= 15 is 0 Å². The van der Waals surface area contributed by atoms with Gasteiger partial charge in [0.15, 0.2) is 5.96 Å². The third-order valence-corrected chi connectivity index (χ3v) is 4.32. The lowest BCUT2D eigenvalue weighted by Gasteiger charge is -2.37. The fraction of sp³-hybridized carbons (Fsp3) is 0.421. The van der Waals surface area contributed by atoms with Crippen molar-refractivity contribution < 1.29 is 9.15 Å². The van der Waals surface area contributed by atoms with Crippen molar-refractivity contribution in [3.63, 3.8) is 0 Å². The Morgan fingerprint density at radius 2 is 1.88 bits per heavy atom. The Labute approximate surface area is 172 Å². The van der Waals surface area contributed by atoms with E-state index in [4.69, 9.17) is 14.1 Å². The molecule has 0 bridgehead atoms. The molecular weight excluding hydrogens is 443 g/mol. The van der Waals surface area contributed by atoms with Crippen LogP contribution in [-0.4, -0.2) is 50.7 Å². The molecule has 0 radical (unpaired) electrons. The molecule has 0 unspecified atom stereocenters. The summed E-state index contributed by atoms with van der Waals surface area (Å²) >= 11 is 0. The maximum atomic E-state index is 5.37. The number of benzene rings is 1. The predicted molar refractivity (Wildman–Crippen MR) is 116 cm³/mol. The first kappa shape index (κ1) is 20.4. The number of nitrogens with zero attached hydrogens (tertiary/aromatic N) is 3. The number of hydrogen-bond donors (Lipinski definition) is 1. The molecule has 1 aliphatic heterocycles. The lowest BCUT2D eigenvalue weighted by Crippen LogP contribution is -2.52. The van der Waals surface area contributed by atoms with Crippen molar-refractivity contribution in [3.8, 4) is 5.75 Å². The number of hydrogen-bond acceptors (Lipinski definition) is 4. The van der Waals surface area contributed by atoms with Gasteiger partial charge in [-0.25, -0.2) is 4.99 Å². The highest BCUT2D eigenvalue weighted by molar-refractivity contribution is 14.0. The number of ether oxygens (including phenoxy) is 1. The fourth-order valence-corrected chi connectivity index (χ4v) is 2.95. The summed E-state index contributed by atoms with van der Waals surface area (Å²) in [6.07, 6.45) is 1.69. The van der Waals surface area contributed by atoms with Gasteiger partial charge in [-0.2, -0.15) is 0 Å². The molecule has 1 aliphatic rings. The van der Waals surface area contributed by atoms with Crippen LogP contribution < -0.4 is 15.0 Å². The molecule has 142 valence electrons. The summed E-state index contributed by atoms with van der Waals surface area (Å²) in [5, 5.41) is 3.38. The molecule has 0 atom stereocenters. The van der Waals surface area contributed by atoms with Crippen molar-refractivity contribution in [1.82, 2.24) is 10.2 Å². The van der Waals surface area contributed by atoms with Gasteiger partial charge in [0.2, 0.25) is 0 Å². The zero-order chi connectivity index (χ0) is 17.5. The SMILES string of the molecule is CCNC(=NCc1ccco1)N1CCN(c2ccc(OC)cc2)CC1.I. The van der Waals surface area contributed by atoms with E-state index < -0.39 is 0 Å². The molecule has 0 aliphatic carbocycles. The molecule has 6 nitrogen and oxygen atoms in total. The van der Waals surface area contributed by atoms with Crippen LogP contribution >= 0.6 is 24.0 Å². The Kier molecular flexibility index (Phi) is 8.08. The van der Waals surface area contributed by atoms with Crippen LogP contribution in [0.25, 0.3) is 0 Å². The van der Waals surface area contributed by atoms with Crippen LogP contribution in [0.5, 0.6) is 5.75 Å². The molecule has 1 fully saturated rings. The molecule has 26 heavy (non-hydrogen) atoms. The van der Waals surface area contributed by atoms with E-state index in [0.717, 1.165) is 50.2 Å². The first-order valence-corrected chi connectivity index (χ1v) is 8.75. The first-order chi connectivity index (χ1) is 12.3. The number of piperazine rings is 1. The zero-order valence-corrected chi connectivity index (χ0v) is 17.7. The van der Waals surface area contributed by atoms with E-state index in [1.54, 1.807) is 13.4 Å². The third-order valence-electron chi connectivity index (χ3n) is 4.32. The maximum Gasteiger partial charge on any atom is 0.194 e. The molecule has 2 aromatic rings. The summed E-state index contributed by atoms with van der Waals surface area (Å²) < 4.78 is 10.6. The molecule has 0 spiro atoms. The number of guanidine groups is 1. The maximum absolute atomic E-state index is 5.37. The van der Waals surface area contributed by atoms with Crippen LogP contribution in [0.2, 0.25) is 0 Å². The standard InChI is InChI=1S/C19H26N4O2.HI/c1-3-20-19(21-15-18-5-4-14-25-18)23-12-10-22(11-13-23)16-6-8-17(24-2)9-7-16;/h4-9,14H,3,10-13,15H2,1-2H3,(H,20,21);1H. The smallest absolute Gasteiger partial charge is 0.194 e. The van der Waals surface area contributed by atoms with E-state index in [0.29, 0.717) is 6.54 Å². The summed E-state index contributed by atoms with van der Waals surface area (Å²) in [4.78, 5) is 9.41. The number of methoxy groups -OCH3 is 1. The minimum atomic E-state index is 0. The van der Waals surface area contributed by atoms with Gasteiger partial charge in [0.25, 0.3) is 0 Å². The molecular formula is C19H27IN4O2. The van der Waals surface area contributed by atoms with E-state index in [2.05, 4.69) is 34.2 Å². The molecule has 1 aromatic heterocycles. The molecule has 7 heteroatoms. The average molecular weight is 470 g/mol. The van der Waals surface area contributed by atoms with Gasteiger partial charge in [-0.05, 0) is 43.3 Å². The van der Waals surface area contributed by atoms with Crippen molar-refractivity contribution >= 4 is 35.6 Å². The normalized spacial score (nSPS) is 14.8. The van der Waals surface area contributed by atoms with Gasteiger partial charge in [0.1, 0.15) is 18.1 Å². The van der Waals surface area contributed by atoms with Crippen LogP contribution in [0.3, 0.4) is 0 Å². The second-order valence-corrected chi connectivity index (χ2v) is 5.92. The molecule has 2 heterocycles. The Bertz CT molecular complexity index is 665. The number of nitrogens with one attached hydrogen (secondary N) is 1. The largest absolute Gasteiger partial charge is 0.497 e. The van der Waals surface area contributed by atoms with Crippen molar-refractivity contribution in [3.05, 3.63) is 48.4 Å². The summed E-state index contributed by atoms with van der Waals surface area (Å²) in [6, 6.07) is 12.1. The molecule has 1 aromatic carbocycles. The van der Waals surface area contributed by atoms with E-state index in [9.17, 15) is 0 Å². The molecule has 1 N–H and O–H groups in total. The summed E-state index contributed by atoms with van der Waals surface area (Å²) in [5.74, 6) is 2.72. The highest BCUT2D eigenvalue weighted by Gasteiger charge is 2.19. The molecule has 1 saturated heterocycles. The minimum absolute atomic E-state index is 0. The van der Waals surface area contributed by atoms with Crippen molar-refractivity contribution in [2.45, 2.75) is 13.5 Å². The van der Waals surface area contributed by atoms with Gasteiger partial charge < -0.3 is 24.3 Å². The number of furan rings is 1. The number of anilines is 1. The lowest BCUT2D eigenvalue weighted by molar-refractivity contribution is 0.371. The van der Waals surface area contributed by atoms with E-state index in [1.807, 2.05) is 24.3 Å². The third kappa shape index (κ3) is 5.30. The van der Waals surface area contributed by atoms with E-state index in [1.165, 1.54) is 5.69 Å². The van der Waals surface area contributed by atoms with Crippen molar-refractivity contribution in [2.24, 2.45) is 4.99 Å². The molecule has 3 rings (SSSR count). The van der Waals surface area contributed by atoms with Gasteiger partial charge in [-0.1, -0.05) is 0 Å². The monoisotopic (exact) mass is 470 g/mol. The van der Waals surface area contributed by atoms with Gasteiger partial charge in [0, 0.05) is 38.4 Å². The highest BCUT2D eigenvalue weighted by atomic mass is 127. The molecule has 0 saturated carbocycles. The van der Waals surface area contributed by atoms with Crippen molar-refractivity contribution in [1.29, 1.82) is 0 Å². The van der Waals surface area contributed by atoms with Gasteiger partial charge in [0.05, 0.1) is 13.4 Å². The highest BCUT2D eigenvalue weighted by Crippen LogP contribution is 2.20. The van der Waals surface area contributed by atoms with Gasteiger partial charge in [-0.15, -0.1) is 24.0 Å². The Hall–Kier alpha value is -1.90. The summed E-state index contributed by atoms with van der Waals surface area (Å²) in [5.41, 5.74) is 1.23. The summed E-state index contributed by atoms with van der Waals surface area (Å²) in [7, 11) is 1.69. The van der Waals surface area contributed by atoms with Crippen LogP contribution in [0.4, 0.5) is 5.69 Å². The fourth-order valence-electron chi connectivity index (χ4n) is 2.95. The Balaban J connectivity index is 0.00000243. The number of aliphatic imine (C=N–C) groups is 1. The van der Waals surface area contributed by atoms with Crippen LogP contribution in [0.15, 0.2) is 52.1 Å². The lowest BCUT2D eigenvalue weighted by atomic mass is 10.2. The van der Waals surface area contributed by atoms with Crippen LogP contribution in [0, 0.1) is 0 Å². The second-order valence-electron chi connectivity index (χ2n) is 5.92. The van der Waals surface area contributed by atoms with Crippen LogP contribution in [0.1, 0.15) is 12.7 Å². The quantitative estimate of drug-likeness (QED) is 0.414. The van der Waals surface area contributed by atoms with Crippen molar-refractivity contribution in [2.75, 3.05) is 44.7 Å². The second kappa shape index (κ2) is 10.3. The molecule has 0 amide bonds. The minimum Gasteiger partial charge on any atom is -0.497 e. The van der Waals surface area contributed by atoms with Gasteiger partial charge in [-0.3, -0.25) is 0 Å².